The van der Waals surface area contributed by atoms with Gasteiger partial charge in [-0.15, -0.1) is 0 Å². The zero-order valence-electron chi connectivity index (χ0n) is 10.7. The van der Waals surface area contributed by atoms with E-state index in [9.17, 15) is 4.79 Å². The molecule has 19 heavy (non-hydrogen) atoms. The molecule has 0 radical (unpaired) electrons. The number of carbonyl (C=O) groups excluding carboxylic acids is 1. The van der Waals surface area contributed by atoms with E-state index in [1.54, 1.807) is 17.6 Å². The molecule has 0 spiro atoms. The largest absolute Gasteiger partial charge is 0.462 e. The van der Waals surface area contributed by atoms with Gasteiger partial charge >= 0.3 is 5.97 Å². The molecule has 0 N–H and O–H groups in total. The maximum atomic E-state index is 11.8. The van der Waals surface area contributed by atoms with E-state index in [2.05, 4.69) is 10.1 Å². The van der Waals surface area contributed by atoms with Crippen molar-refractivity contribution < 1.29 is 14.3 Å². The van der Waals surface area contributed by atoms with Gasteiger partial charge < -0.3 is 9.47 Å². The first-order chi connectivity index (χ1) is 9.31. The Kier molecular flexibility index (Phi) is 3.16. The third kappa shape index (κ3) is 2.08. The van der Waals surface area contributed by atoms with Crippen molar-refractivity contribution in [1.29, 1.82) is 0 Å². The Balaban J connectivity index is 2.04. The SMILES string of the molecule is CCOC(=O)c1cnn2c(C3CCOC3)ccnc12. The van der Waals surface area contributed by atoms with Crippen LogP contribution in [-0.2, 0) is 9.47 Å². The summed E-state index contributed by atoms with van der Waals surface area (Å²) >= 11 is 0. The van der Waals surface area contributed by atoms with E-state index in [4.69, 9.17) is 9.47 Å². The molecule has 1 atom stereocenters. The average Bonchev–Trinajstić information content (AvgIpc) is 3.08. The molecule has 0 aliphatic carbocycles. The molecule has 0 saturated carbocycles. The number of carbonyl (C=O) groups is 1. The van der Waals surface area contributed by atoms with Gasteiger partial charge in [0.15, 0.2) is 5.65 Å². The number of aromatic nitrogens is 3. The zero-order chi connectivity index (χ0) is 13.2. The number of nitrogens with zero attached hydrogens (tertiary/aromatic N) is 3. The third-order valence-corrected chi connectivity index (χ3v) is 3.27. The maximum Gasteiger partial charge on any atom is 0.343 e. The van der Waals surface area contributed by atoms with Crippen LogP contribution >= 0.6 is 0 Å². The highest BCUT2D eigenvalue weighted by Gasteiger charge is 2.23. The van der Waals surface area contributed by atoms with E-state index in [0.29, 0.717) is 30.3 Å². The highest BCUT2D eigenvalue weighted by molar-refractivity contribution is 5.95. The van der Waals surface area contributed by atoms with Crippen molar-refractivity contribution in [2.75, 3.05) is 19.8 Å². The van der Waals surface area contributed by atoms with Crippen molar-refractivity contribution in [1.82, 2.24) is 14.6 Å². The van der Waals surface area contributed by atoms with Crippen LogP contribution in [0.3, 0.4) is 0 Å². The van der Waals surface area contributed by atoms with E-state index in [-0.39, 0.29) is 5.97 Å². The lowest BCUT2D eigenvalue weighted by molar-refractivity contribution is 0.0528. The second kappa shape index (κ2) is 4.97. The van der Waals surface area contributed by atoms with Crippen molar-refractivity contribution in [3.8, 4) is 0 Å². The molecule has 1 aliphatic heterocycles. The van der Waals surface area contributed by atoms with Gasteiger partial charge in [-0.05, 0) is 19.4 Å². The monoisotopic (exact) mass is 261 g/mol. The van der Waals surface area contributed by atoms with Gasteiger partial charge in [0.05, 0.1) is 25.1 Å². The maximum absolute atomic E-state index is 11.8. The molecule has 1 unspecified atom stereocenters. The quantitative estimate of drug-likeness (QED) is 0.781. The minimum Gasteiger partial charge on any atom is -0.462 e. The minimum absolute atomic E-state index is 0.306. The fourth-order valence-corrected chi connectivity index (χ4v) is 2.34. The highest BCUT2D eigenvalue weighted by Crippen LogP contribution is 2.25. The molecule has 2 aromatic rings. The summed E-state index contributed by atoms with van der Waals surface area (Å²) in [5.41, 5.74) is 1.98. The average molecular weight is 261 g/mol. The molecule has 100 valence electrons. The summed E-state index contributed by atoms with van der Waals surface area (Å²) in [5.74, 6) is -0.0785. The molecule has 1 saturated heterocycles. The molecule has 1 fully saturated rings. The van der Waals surface area contributed by atoms with Gasteiger partial charge in [0.1, 0.15) is 5.56 Å². The Morgan fingerprint density at radius 3 is 3.26 bits per heavy atom. The van der Waals surface area contributed by atoms with Crippen LogP contribution < -0.4 is 0 Å². The highest BCUT2D eigenvalue weighted by atomic mass is 16.5. The summed E-state index contributed by atoms with van der Waals surface area (Å²) < 4.78 is 12.1. The molecular formula is C13H15N3O3. The van der Waals surface area contributed by atoms with Gasteiger partial charge in [0.2, 0.25) is 0 Å². The number of esters is 1. The van der Waals surface area contributed by atoms with Crippen molar-refractivity contribution in [3.63, 3.8) is 0 Å². The first-order valence-electron chi connectivity index (χ1n) is 6.38. The van der Waals surface area contributed by atoms with E-state index in [1.807, 2.05) is 6.07 Å². The van der Waals surface area contributed by atoms with E-state index < -0.39 is 0 Å². The molecule has 0 amide bonds. The second-order valence-electron chi connectivity index (χ2n) is 4.44. The Morgan fingerprint density at radius 2 is 2.53 bits per heavy atom. The molecule has 3 heterocycles. The fraction of sp³-hybridized carbons (Fsp3) is 0.462. The molecule has 0 bridgehead atoms. The summed E-state index contributed by atoms with van der Waals surface area (Å²) in [4.78, 5) is 16.0. The van der Waals surface area contributed by atoms with Crippen molar-refractivity contribution >= 4 is 11.6 Å². The molecule has 0 aromatic carbocycles. The number of ether oxygens (including phenoxy) is 2. The number of hydrogen-bond donors (Lipinski definition) is 0. The Bertz CT molecular complexity index is 602. The second-order valence-corrected chi connectivity index (χ2v) is 4.44. The Labute approximate surface area is 110 Å². The lowest BCUT2D eigenvalue weighted by atomic mass is 10.1. The van der Waals surface area contributed by atoms with Crippen LogP contribution in [0, 0.1) is 0 Å². The number of rotatable bonds is 3. The summed E-state index contributed by atoms with van der Waals surface area (Å²) in [6.07, 6.45) is 4.18. The van der Waals surface area contributed by atoms with Crippen LogP contribution in [-0.4, -0.2) is 40.4 Å². The van der Waals surface area contributed by atoms with Gasteiger partial charge in [-0.1, -0.05) is 0 Å². The molecular weight excluding hydrogens is 246 g/mol. The summed E-state index contributed by atoms with van der Waals surface area (Å²) in [6, 6.07) is 1.92. The number of hydrogen-bond acceptors (Lipinski definition) is 5. The van der Waals surface area contributed by atoms with E-state index in [1.165, 1.54) is 6.20 Å². The zero-order valence-corrected chi connectivity index (χ0v) is 10.7. The van der Waals surface area contributed by atoms with E-state index in [0.717, 1.165) is 18.7 Å². The smallest absolute Gasteiger partial charge is 0.343 e. The Hall–Kier alpha value is -1.95. The molecule has 2 aromatic heterocycles. The topological polar surface area (TPSA) is 65.7 Å². The Morgan fingerprint density at radius 1 is 1.63 bits per heavy atom. The van der Waals surface area contributed by atoms with Gasteiger partial charge in [-0.2, -0.15) is 5.10 Å². The molecule has 6 nitrogen and oxygen atoms in total. The van der Waals surface area contributed by atoms with E-state index >= 15 is 0 Å². The molecule has 1 aliphatic rings. The summed E-state index contributed by atoms with van der Waals surface area (Å²) in [6.45, 7) is 3.57. The predicted molar refractivity (Wildman–Crippen MR) is 67.1 cm³/mol. The van der Waals surface area contributed by atoms with Crippen LogP contribution in [0.2, 0.25) is 0 Å². The standard InChI is InChI=1S/C13H15N3O3/c1-2-19-13(17)10-7-15-16-11(3-5-14-12(10)16)9-4-6-18-8-9/h3,5,7,9H,2,4,6,8H2,1H3. The van der Waals surface area contributed by atoms with Crippen molar-refractivity contribution in [2.24, 2.45) is 0 Å². The minimum atomic E-state index is -0.384. The van der Waals surface area contributed by atoms with Crippen molar-refractivity contribution in [3.05, 3.63) is 29.7 Å². The predicted octanol–water partition coefficient (Wildman–Crippen LogP) is 1.41. The van der Waals surface area contributed by atoms with Crippen LogP contribution in [0.5, 0.6) is 0 Å². The lowest BCUT2D eigenvalue weighted by Gasteiger charge is -2.09. The van der Waals surface area contributed by atoms with Crippen LogP contribution in [0.25, 0.3) is 5.65 Å². The summed E-state index contributed by atoms with van der Waals surface area (Å²) in [7, 11) is 0. The van der Waals surface area contributed by atoms with Crippen LogP contribution in [0.15, 0.2) is 18.5 Å². The van der Waals surface area contributed by atoms with Crippen LogP contribution in [0.4, 0.5) is 0 Å². The third-order valence-electron chi connectivity index (χ3n) is 3.27. The lowest BCUT2D eigenvalue weighted by Crippen LogP contribution is -2.08. The fourth-order valence-electron chi connectivity index (χ4n) is 2.34. The van der Waals surface area contributed by atoms with Gasteiger partial charge in [-0.25, -0.2) is 14.3 Å². The summed E-state index contributed by atoms with van der Waals surface area (Å²) in [5, 5.41) is 4.26. The molecule has 6 heteroatoms. The van der Waals surface area contributed by atoms with Crippen molar-refractivity contribution in [2.45, 2.75) is 19.3 Å². The normalized spacial score (nSPS) is 18.9. The van der Waals surface area contributed by atoms with Gasteiger partial charge in [-0.3, -0.25) is 0 Å². The van der Waals surface area contributed by atoms with Crippen LogP contribution in [0.1, 0.15) is 35.3 Å². The van der Waals surface area contributed by atoms with Gasteiger partial charge in [0.25, 0.3) is 0 Å². The van der Waals surface area contributed by atoms with Gasteiger partial charge in [0, 0.05) is 18.7 Å². The first-order valence-corrected chi connectivity index (χ1v) is 6.38. The molecule has 3 rings (SSSR count). The first kappa shape index (κ1) is 12.1. The number of fused-ring (bicyclic) bond motifs is 1.